The highest BCUT2D eigenvalue weighted by atomic mass is 35.5. The molecule has 8 nitrogen and oxygen atoms in total. The molecule has 2 N–H and O–H groups in total. The quantitative estimate of drug-likeness (QED) is 0.393. The van der Waals surface area contributed by atoms with Crippen LogP contribution in [-0.2, 0) is 9.59 Å². The summed E-state index contributed by atoms with van der Waals surface area (Å²) < 4.78 is 27.8. The van der Waals surface area contributed by atoms with Crippen molar-refractivity contribution in [1.82, 2.24) is 25.5 Å². The molecule has 0 spiro atoms. The van der Waals surface area contributed by atoms with E-state index in [4.69, 9.17) is 11.6 Å². The van der Waals surface area contributed by atoms with Crippen LogP contribution in [-0.4, -0.2) is 57.9 Å². The van der Waals surface area contributed by atoms with Crippen molar-refractivity contribution in [2.24, 2.45) is 5.92 Å². The summed E-state index contributed by atoms with van der Waals surface area (Å²) in [5, 5.41) is 6.18. The highest BCUT2D eigenvalue weighted by molar-refractivity contribution is 6.29. The number of alkyl halides is 1. The molecule has 2 aromatic heterocycles. The molecule has 0 bridgehead atoms. The molecule has 3 atom stereocenters. The van der Waals surface area contributed by atoms with Gasteiger partial charge in [0.2, 0.25) is 11.8 Å². The molecule has 3 amide bonds. The number of amides is 3. The predicted molar refractivity (Wildman–Crippen MR) is 147 cm³/mol. The van der Waals surface area contributed by atoms with Gasteiger partial charge in [0.25, 0.3) is 5.91 Å². The Labute approximate surface area is 234 Å². The van der Waals surface area contributed by atoms with Gasteiger partial charge in [0.15, 0.2) is 0 Å². The van der Waals surface area contributed by atoms with Crippen LogP contribution >= 0.6 is 11.6 Å². The molecule has 1 aliphatic carbocycles. The lowest BCUT2D eigenvalue weighted by Gasteiger charge is -2.26. The molecule has 3 aromatic rings. The van der Waals surface area contributed by atoms with Crippen LogP contribution in [0.5, 0.6) is 0 Å². The molecular weight excluding hydrogens is 540 g/mol. The number of hydrogen-bond acceptors (Lipinski definition) is 5. The lowest BCUT2D eigenvalue weighted by atomic mass is 10.0. The van der Waals surface area contributed by atoms with Gasteiger partial charge in [-0.1, -0.05) is 29.8 Å². The van der Waals surface area contributed by atoms with E-state index in [2.05, 4.69) is 26.7 Å². The molecule has 1 aromatic carbocycles. The number of benzene rings is 1. The number of nitrogens with zero attached hydrogens (tertiary/aromatic N) is 3. The number of pyridine rings is 2. The Kier molecular flexibility index (Phi) is 8.07. The molecule has 2 aliphatic rings. The second kappa shape index (κ2) is 11.7. The molecule has 2 fully saturated rings. The SMILES string of the molecule is CC(NC(=O)[C@@H]1C[C@@H](F)CN1C(=O)CNC(=O)c1ccc2cc(F)ccc2n1)c1cc(Cl)ncc1/C=C/C1CC1. The van der Waals surface area contributed by atoms with Crippen molar-refractivity contribution in [2.45, 2.75) is 44.4 Å². The Morgan fingerprint density at radius 3 is 2.77 bits per heavy atom. The minimum Gasteiger partial charge on any atom is -0.348 e. The first kappa shape index (κ1) is 27.6. The maximum absolute atomic E-state index is 14.4. The van der Waals surface area contributed by atoms with Gasteiger partial charge < -0.3 is 15.5 Å². The molecule has 40 heavy (non-hydrogen) atoms. The minimum absolute atomic E-state index is 0.0439. The molecule has 1 saturated carbocycles. The summed E-state index contributed by atoms with van der Waals surface area (Å²) in [4.78, 5) is 48.3. The topological polar surface area (TPSA) is 104 Å². The Balaban J connectivity index is 1.22. The largest absolute Gasteiger partial charge is 0.348 e. The number of hydrogen-bond donors (Lipinski definition) is 2. The molecule has 1 unspecified atom stereocenters. The van der Waals surface area contributed by atoms with Gasteiger partial charge in [0.05, 0.1) is 24.6 Å². The number of allylic oxidation sites excluding steroid dienone is 1. The average molecular weight is 568 g/mol. The summed E-state index contributed by atoms with van der Waals surface area (Å²) in [7, 11) is 0. The number of rotatable bonds is 8. The Bertz CT molecular complexity index is 1500. The summed E-state index contributed by atoms with van der Waals surface area (Å²) in [5.41, 5.74) is 2.05. The highest BCUT2D eigenvalue weighted by Gasteiger charge is 2.40. The van der Waals surface area contributed by atoms with E-state index in [1.165, 1.54) is 24.3 Å². The van der Waals surface area contributed by atoms with Crippen LogP contribution < -0.4 is 10.6 Å². The maximum atomic E-state index is 14.4. The van der Waals surface area contributed by atoms with Crippen LogP contribution in [0.4, 0.5) is 8.78 Å². The van der Waals surface area contributed by atoms with Gasteiger partial charge in [-0.2, -0.15) is 0 Å². The third-order valence-electron chi connectivity index (χ3n) is 7.09. The van der Waals surface area contributed by atoms with Crippen LogP contribution in [0, 0.1) is 11.7 Å². The molecule has 208 valence electrons. The number of fused-ring (bicyclic) bond motifs is 1. The van der Waals surface area contributed by atoms with E-state index in [-0.39, 0.29) is 23.8 Å². The van der Waals surface area contributed by atoms with E-state index >= 15 is 0 Å². The van der Waals surface area contributed by atoms with Gasteiger partial charge in [-0.15, -0.1) is 0 Å². The summed E-state index contributed by atoms with van der Waals surface area (Å²) in [6.07, 6.45) is 6.49. The fraction of sp³-hybridized carbons (Fsp3) is 0.345. The maximum Gasteiger partial charge on any atom is 0.270 e. The van der Waals surface area contributed by atoms with Crippen LogP contribution in [0.1, 0.15) is 53.8 Å². The smallest absolute Gasteiger partial charge is 0.270 e. The van der Waals surface area contributed by atoms with Crippen molar-refractivity contribution in [3.63, 3.8) is 0 Å². The Morgan fingerprint density at radius 2 is 2.00 bits per heavy atom. The predicted octanol–water partition coefficient (Wildman–Crippen LogP) is 4.39. The lowest BCUT2D eigenvalue weighted by molar-refractivity contribution is -0.138. The normalized spacial score (nSPS) is 19.6. The molecule has 1 saturated heterocycles. The Morgan fingerprint density at radius 1 is 1.20 bits per heavy atom. The van der Waals surface area contributed by atoms with E-state index in [0.29, 0.717) is 16.8 Å². The van der Waals surface area contributed by atoms with Gasteiger partial charge in [-0.05, 0) is 67.1 Å². The average Bonchev–Trinajstić information content (AvgIpc) is 3.68. The number of halogens is 3. The third kappa shape index (κ3) is 6.44. The van der Waals surface area contributed by atoms with Gasteiger partial charge >= 0.3 is 0 Å². The van der Waals surface area contributed by atoms with Crippen molar-refractivity contribution >= 4 is 46.3 Å². The van der Waals surface area contributed by atoms with Gasteiger partial charge in [-0.3, -0.25) is 14.4 Å². The van der Waals surface area contributed by atoms with Crippen molar-refractivity contribution in [1.29, 1.82) is 0 Å². The van der Waals surface area contributed by atoms with Crippen molar-refractivity contribution in [2.75, 3.05) is 13.1 Å². The second-order valence-electron chi connectivity index (χ2n) is 10.2. The summed E-state index contributed by atoms with van der Waals surface area (Å²) in [5.74, 6) is -1.58. The van der Waals surface area contributed by atoms with E-state index < -0.39 is 48.3 Å². The zero-order valence-electron chi connectivity index (χ0n) is 21.7. The van der Waals surface area contributed by atoms with Gasteiger partial charge in [0, 0.05) is 18.0 Å². The standard InChI is InChI=1S/C29H28ClF2N5O3/c1-16(22-12-26(30)33-13-19(22)5-4-17-2-3-17)35-29(40)25-11-21(32)15-37(25)27(38)14-34-28(39)24-8-6-18-10-20(31)7-9-23(18)36-24/h4-10,12-13,16-17,21,25H,2-3,11,14-15H2,1H3,(H,34,39)(H,35,40)/b5-4+/t16?,21-,25+/m1/s1. The van der Waals surface area contributed by atoms with Crippen LogP contribution in [0.15, 0.2) is 48.7 Å². The fourth-order valence-corrected chi connectivity index (χ4v) is 4.93. The fourth-order valence-electron chi connectivity index (χ4n) is 4.76. The third-order valence-corrected chi connectivity index (χ3v) is 7.29. The summed E-state index contributed by atoms with van der Waals surface area (Å²) in [6, 6.07) is 7.15. The monoisotopic (exact) mass is 567 g/mol. The van der Waals surface area contributed by atoms with Crippen molar-refractivity contribution < 1.29 is 23.2 Å². The number of likely N-dealkylation sites (tertiary alicyclic amines) is 1. The van der Waals surface area contributed by atoms with E-state index in [1.807, 2.05) is 6.08 Å². The van der Waals surface area contributed by atoms with Crippen molar-refractivity contribution in [3.8, 4) is 0 Å². The van der Waals surface area contributed by atoms with Crippen LogP contribution in [0.3, 0.4) is 0 Å². The molecule has 0 radical (unpaired) electrons. The summed E-state index contributed by atoms with van der Waals surface area (Å²) in [6.45, 7) is 1.10. The van der Waals surface area contributed by atoms with Gasteiger partial charge in [0.1, 0.15) is 28.9 Å². The van der Waals surface area contributed by atoms with E-state index in [9.17, 15) is 23.2 Å². The lowest BCUT2D eigenvalue weighted by Crippen LogP contribution is -2.49. The molecule has 5 rings (SSSR count). The first-order valence-corrected chi connectivity index (χ1v) is 13.5. The van der Waals surface area contributed by atoms with Gasteiger partial charge in [-0.25, -0.2) is 18.7 Å². The summed E-state index contributed by atoms with van der Waals surface area (Å²) >= 11 is 6.12. The highest BCUT2D eigenvalue weighted by Crippen LogP contribution is 2.32. The molecule has 11 heteroatoms. The number of nitrogens with one attached hydrogen (secondary N) is 2. The zero-order valence-corrected chi connectivity index (χ0v) is 22.5. The first-order valence-electron chi connectivity index (χ1n) is 13.1. The molecule has 1 aliphatic heterocycles. The number of carbonyl (C=O) groups is 3. The number of carbonyl (C=O) groups excluding carboxylic acids is 3. The second-order valence-corrected chi connectivity index (χ2v) is 10.6. The first-order chi connectivity index (χ1) is 19.2. The van der Waals surface area contributed by atoms with E-state index in [1.54, 1.807) is 25.3 Å². The Hall–Kier alpha value is -3.92. The molecular formula is C29H28ClF2N5O3. The van der Waals surface area contributed by atoms with Crippen molar-refractivity contribution in [3.05, 3.63) is 76.5 Å². The number of aromatic nitrogens is 2. The van der Waals surface area contributed by atoms with E-state index in [0.717, 1.165) is 28.9 Å². The minimum atomic E-state index is -1.37. The van der Waals surface area contributed by atoms with Crippen LogP contribution in [0.2, 0.25) is 5.15 Å². The molecule has 3 heterocycles. The van der Waals surface area contributed by atoms with Crippen LogP contribution in [0.25, 0.3) is 17.0 Å². The zero-order chi connectivity index (χ0) is 28.4.